The monoisotopic (exact) mass is 361 g/mol. The number of aryl methyl sites for hydroxylation is 1. The molecule has 5 aliphatic rings. The predicted octanol–water partition coefficient (Wildman–Crippen LogP) is 2.63. The quantitative estimate of drug-likeness (QED) is 0.871. The molecule has 5 fully saturated rings. The topological polar surface area (TPSA) is 88.7 Å². The molecule has 0 radical (unpaired) electrons. The van der Waals surface area contributed by atoms with Gasteiger partial charge >= 0.3 is 6.09 Å². The van der Waals surface area contributed by atoms with Crippen LogP contribution < -0.4 is 0 Å². The fraction of sp³-hybridized carbons (Fsp3) is 0.842. The Morgan fingerprint density at radius 3 is 2.69 bits per heavy atom. The van der Waals surface area contributed by atoms with E-state index >= 15 is 0 Å². The van der Waals surface area contributed by atoms with Crippen molar-refractivity contribution in [1.29, 1.82) is 0 Å². The average molecular weight is 361 g/mol. The second-order valence-electron chi connectivity index (χ2n) is 8.99. The molecule has 142 valence electrons. The van der Waals surface area contributed by atoms with Crippen molar-refractivity contribution < 1.29 is 19.1 Å². The molecule has 3 atom stereocenters. The van der Waals surface area contributed by atoms with Gasteiger partial charge in [0, 0.05) is 20.0 Å². The maximum atomic E-state index is 12.8. The molecule has 1 N–H and O–H groups in total. The molecule has 4 bridgehead atoms. The molecule has 3 unspecified atom stereocenters. The number of amides is 1. The average Bonchev–Trinajstić information content (AvgIpc) is 3.03. The summed E-state index contributed by atoms with van der Waals surface area (Å²) < 4.78 is 11.6. The van der Waals surface area contributed by atoms with Gasteiger partial charge in [0.25, 0.3) is 0 Å². The number of aromatic nitrogens is 2. The Morgan fingerprint density at radius 2 is 2.04 bits per heavy atom. The summed E-state index contributed by atoms with van der Waals surface area (Å²) in [4.78, 5) is 14.6. The first-order valence-corrected chi connectivity index (χ1v) is 9.97. The zero-order valence-corrected chi connectivity index (χ0v) is 15.3. The molecular formula is C19H27N3O4. The van der Waals surface area contributed by atoms with Crippen molar-refractivity contribution in [2.75, 3.05) is 13.1 Å². The zero-order valence-electron chi connectivity index (χ0n) is 15.3. The second kappa shape index (κ2) is 5.94. The van der Waals surface area contributed by atoms with Gasteiger partial charge in [-0.3, -0.25) is 0 Å². The Kier molecular flexibility index (Phi) is 3.78. The van der Waals surface area contributed by atoms with Gasteiger partial charge in [0.05, 0.1) is 11.5 Å². The molecular weight excluding hydrogens is 334 g/mol. The lowest BCUT2D eigenvalue weighted by molar-refractivity contribution is -0.178. The van der Waals surface area contributed by atoms with E-state index in [4.69, 9.17) is 9.15 Å². The van der Waals surface area contributed by atoms with E-state index in [9.17, 15) is 9.90 Å². The third kappa shape index (κ3) is 2.80. The predicted molar refractivity (Wildman–Crippen MR) is 91.4 cm³/mol. The van der Waals surface area contributed by atoms with Crippen LogP contribution in [-0.4, -0.2) is 51.1 Å². The number of ether oxygens (including phenoxy) is 1. The number of carbonyl (C=O) groups is 1. The molecule has 7 heteroatoms. The first-order chi connectivity index (χ1) is 12.5. The van der Waals surface area contributed by atoms with Crippen molar-refractivity contribution in [3.8, 4) is 0 Å². The Balaban J connectivity index is 1.24. The first kappa shape index (κ1) is 16.5. The van der Waals surface area contributed by atoms with Crippen LogP contribution in [0.2, 0.25) is 0 Å². The van der Waals surface area contributed by atoms with Crippen molar-refractivity contribution in [3.05, 3.63) is 11.8 Å². The number of piperidine rings is 1. The summed E-state index contributed by atoms with van der Waals surface area (Å²) >= 11 is 0. The summed E-state index contributed by atoms with van der Waals surface area (Å²) in [7, 11) is 0. The van der Waals surface area contributed by atoms with Crippen LogP contribution in [0.3, 0.4) is 0 Å². The molecule has 0 spiro atoms. The van der Waals surface area contributed by atoms with Gasteiger partial charge in [0.1, 0.15) is 6.10 Å². The van der Waals surface area contributed by atoms with Crippen molar-refractivity contribution >= 4 is 6.09 Å². The highest BCUT2D eigenvalue weighted by molar-refractivity contribution is 5.68. The highest BCUT2D eigenvalue weighted by atomic mass is 16.6. The van der Waals surface area contributed by atoms with E-state index in [-0.39, 0.29) is 18.1 Å². The Hall–Kier alpha value is -1.63. The Bertz CT molecular complexity index is 689. The zero-order chi connectivity index (χ0) is 17.9. The van der Waals surface area contributed by atoms with Crippen LogP contribution in [0.4, 0.5) is 4.79 Å². The summed E-state index contributed by atoms with van der Waals surface area (Å²) in [6.07, 6.45) is 6.36. The van der Waals surface area contributed by atoms with Crippen LogP contribution in [-0.2, 0) is 4.74 Å². The highest BCUT2D eigenvalue weighted by Gasteiger charge is 2.56. The van der Waals surface area contributed by atoms with Crippen molar-refractivity contribution in [3.63, 3.8) is 0 Å². The molecule has 0 aromatic carbocycles. The fourth-order valence-corrected chi connectivity index (χ4v) is 6.14. The summed E-state index contributed by atoms with van der Waals surface area (Å²) in [6, 6.07) is 0. The lowest BCUT2D eigenvalue weighted by Crippen LogP contribution is -2.58. The normalized spacial score (nSPS) is 41.5. The van der Waals surface area contributed by atoms with E-state index in [2.05, 4.69) is 10.2 Å². The number of nitrogens with zero attached hydrogens (tertiary/aromatic N) is 3. The third-order valence-electron chi connectivity index (χ3n) is 6.96. The molecule has 1 aromatic heterocycles. The van der Waals surface area contributed by atoms with Gasteiger partial charge in [-0.2, -0.15) is 0 Å². The second-order valence-corrected chi connectivity index (χ2v) is 8.99. The van der Waals surface area contributed by atoms with Crippen LogP contribution >= 0.6 is 0 Å². The number of carbonyl (C=O) groups excluding carboxylic acids is 1. The molecule has 4 aliphatic carbocycles. The number of hydrogen-bond donors (Lipinski definition) is 1. The number of rotatable bonds is 2. The van der Waals surface area contributed by atoms with E-state index in [0.29, 0.717) is 36.1 Å². The largest absolute Gasteiger partial charge is 0.446 e. The lowest BCUT2D eigenvalue weighted by atomic mass is 9.53. The van der Waals surface area contributed by atoms with E-state index in [1.807, 2.05) is 0 Å². The SMILES string of the molecule is Cc1nnc(C2CCCN(C(=O)OC3C4CC5CC3CC(O)(C5)C4)C2)o1. The third-order valence-corrected chi connectivity index (χ3v) is 6.96. The van der Waals surface area contributed by atoms with E-state index in [1.54, 1.807) is 11.8 Å². The van der Waals surface area contributed by atoms with E-state index in [0.717, 1.165) is 51.5 Å². The van der Waals surface area contributed by atoms with Gasteiger partial charge in [-0.1, -0.05) is 0 Å². The van der Waals surface area contributed by atoms with Gasteiger partial charge in [-0.15, -0.1) is 10.2 Å². The van der Waals surface area contributed by atoms with Gasteiger partial charge in [0.15, 0.2) is 0 Å². The molecule has 4 saturated carbocycles. The van der Waals surface area contributed by atoms with Crippen molar-refractivity contribution in [1.82, 2.24) is 15.1 Å². The minimum Gasteiger partial charge on any atom is -0.446 e. The molecule has 6 rings (SSSR count). The standard InChI is InChI=1S/C19H27N3O4/c1-11-20-21-17(25-11)13-3-2-4-22(10-13)18(23)26-16-14-5-12-6-15(16)9-19(24,7-12)8-14/h12-16,24H,2-10H2,1H3. The molecule has 2 heterocycles. The maximum Gasteiger partial charge on any atom is 0.410 e. The van der Waals surface area contributed by atoms with Crippen molar-refractivity contribution in [2.45, 2.75) is 69.5 Å². The van der Waals surface area contributed by atoms with Crippen LogP contribution in [0.25, 0.3) is 0 Å². The number of likely N-dealkylation sites (tertiary alicyclic amines) is 1. The smallest absolute Gasteiger partial charge is 0.410 e. The Morgan fingerprint density at radius 1 is 1.27 bits per heavy atom. The summed E-state index contributed by atoms with van der Waals surface area (Å²) in [6.45, 7) is 3.08. The molecule has 1 aromatic rings. The lowest BCUT2D eigenvalue weighted by Gasteiger charge is -2.57. The summed E-state index contributed by atoms with van der Waals surface area (Å²) in [5.41, 5.74) is -0.495. The van der Waals surface area contributed by atoms with Crippen LogP contribution in [0.5, 0.6) is 0 Å². The van der Waals surface area contributed by atoms with Crippen LogP contribution in [0.15, 0.2) is 4.42 Å². The van der Waals surface area contributed by atoms with Gasteiger partial charge in [0.2, 0.25) is 11.8 Å². The summed E-state index contributed by atoms with van der Waals surface area (Å²) in [5, 5.41) is 18.7. The number of aliphatic hydroxyl groups is 1. The van der Waals surface area contributed by atoms with E-state index in [1.165, 1.54) is 0 Å². The highest BCUT2D eigenvalue weighted by Crippen LogP contribution is 2.56. The van der Waals surface area contributed by atoms with Gasteiger partial charge in [-0.25, -0.2) is 4.79 Å². The minimum absolute atomic E-state index is 0.0228. The molecule has 1 saturated heterocycles. The maximum absolute atomic E-state index is 12.8. The molecule has 26 heavy (non-hydrogen) atoms. The van der Waals surface area contributed by atoms with Crippen molar-refractivity contribution in [2.24, 2.45) is 17.8 Å². The van der Waals surface area contributed by atoms with Crippen LogP contribution in [0.1, 0.15) is 62.6 Å². The summed E-state index contributed by atoms with van der Waals surface area (Å²) in [5.74, 6) is 2.55. The molecule has 1 amide bonds. The van der Waals surface area contributed by atoms with Crippen LogP contribution in [0, 0.1) is 24.7 Å². The first-order valence-electron chi connectivity index (χ1n) is 9.97. The fourth-order valence-electron chi connectivity index (χ4n) is 6.14. The number of hydrogen-bond acceptors (Lipinski definition) is 6. The van der Waals surface area contributed by atoms with Gasteiger partial charge in [-0.05, 0) is 62.7 Å². The van der Waals surface area contributed by atoms with E-state index < -0.39 is 5.60 Å². The Labute approximate surface area is 153 Å². The molecule has 1 aliphatic heterocycles. The minimum atomic E-state index is -0.495. The molecule has 7 nitrogen and oxygen atoms in total. The van der Waals surface area contributed by atoms with Gasteiger partial charge < -0.3 is 19.2 Å².